The Kier molecular flexibility index (Phi) is 2.36. The van der Waals surface area contributed by atoms with E-state index in [2.05, 4.69) is 24.3 Å². The number of fused-ring (bicyclic) bond motifs is 1. The van der Waals surface area contributed by atoms with Gasteiger partial charge in [0.1, 0.15) is 0 Å². The van der Waals surface area contributed by atoms with E-state index in [4.69, 9.17) is 0 Å². The molecule has 0 aliphatic heterocycles. The van der Waals surface area contributed by atoms with Crippen molar-refractivity contribution in [2.24, 2.45) is 0 Å². The number of rotatable bonds is 0. The van der Waals surface area contributed by atoms with Crippen molar-refractivity contribution < 1.29 is 0 Å². The van der Waals surface area contributed by atoms with Gasteiger partial charge in [-0.15, -0.1) is 0 Å². The van der Waals surface area contributed by atoms with Crippen LogP contribution in [-0.4, -0.2) is 27.9 Å². The molecule has 2 rings (SSSR count). The van der Waals surface area contributed by atoms with Crippen LogP contribution in [0.3, 0.4) is 0 Å². The monoisotopic (exact) mass is 154 g/mol. The van der Waals surface area contributed by atoms with E-state index in [1.807, 2.05) is 0 Å². The quantitative estimate of drug-likeness (QED) is 0.503. The van der Waals surface area contributed by atoms with E-state index in [0.29, 0.717) is 0 Å². The van der Waals surface area contributed by atoms with Crippen LogP contribution in [0, 0.1) is 0 Å². The first kappa shape index (κ1) is 7.85. The average molecular weight is 154 g/mol. The molecule has 0 saturated carbocycles. The molecule has 1 aromatic carbocycles. The maximum atomic E-state index is 2.31. The van der Waals surface area contributed by atoms with Gasteiger partial charge in [-0.3, -0.25) is 0 Å². The third kappa shape index (κ3) is 1.53. The Morgan fingerprint density at radius 3 is 2.91 bits per heavy atom. The Morgan fingerprint density at radius 1 is 1.27 bits per heavy atom. The molecule has 11 heavy (non-hydrogen) atoms. The summed E-state index contributed by atoms with van der Waals surface area (Å²) in [5, 5.41) is 0. The second-order valence-electron chi connectivity index (χ2n) is 3.49. The van der Waals surface area contributed by atoms with Crippen LogP contribution in [-0.2, 0) is 6.42 Å². The fourth-order valence-corrected chi connectivity index (χ4v) is 2.97. The number of hydrogen-bond donors (Lipinski definition) is 0. The van der Waals surface area contributed by atoms with Gasteiger partial charge in [0.15, 0.2) is 0 Å². The first-order valence-corrected chi connectivity index (χ1v) is 5.61. The summed E-state index contributed by atoms with van der Waals surface area (Å²) in [6.07, 6.45) is 4.16. The van der Waals surface area contributed by atoms with Gasteiger partial charge in [0.2, 0.25) is 0 Å². The first-order valence-electron chi connectivity index (χ1n) is 4.46. The van der Waals surface area contributed by atoms with Crippen LogP contribution in [0.15, 0.2) is 24.3 Å². The van der Waals surface area contributed by atoms with Gasteiger partial charge in [0.05, 0.1) is 0 Å². The van der Waals surface area contributed by atoms with Crippen LogP contribution in [0.25, 0.3) is 0 Å². The third-order valence-corrected chi connectivity index (χ3v) is 3.87. The Morgan fingerprint density at radius 2 is 2.09 bits per heavy atom. The molecular weight excluding hydrogens is 143 g/mol. The standard InChI is InChI=1S/C10H11.Na/c1-2-6-10-8-4-3-7-9(10)5-1;/h1-2,5-7H,3-4,8H2;. The van der Waals surface area contributed by atoms with Crippen LogP contribution in [0.2, 0.25) is 0 Å². The molecule has 1 aliphatic rings. The fourth-order valence-electron chi connectivity index (χ4n) is 2.00. The molecular formula is C10H11Na. The Hall–Kier alpha value is 0.220. The van der Waals surface area contributed by atoms with E-state index in [1.54, 1.807) is 11.1 Å². The Bertz CT molecular complexity index is 255. The molecule has 1 aromatic rings. The Balaban J connectivity index is 2.44. The van der Waals surface area contributed by atoms with Crippen molar-refractivity contribution in [3.63, 3.8) is 0 Å². The molecule has 1 unspecified atom stereocenters. The Labute approximate surface area is 85.4 Å². The van der Waals surface area contributed by atoms with Crippen molar-refractivity contribution >= 4 is 27.9 Å². The first-order chi connectivity index (χ1) is 5.38. The van der Waals surface area contributed by atoms with E-state index >= 15 is 0 Å². The molecule has 0 spiro atoms. The molecule has 1 aliphatic carbocycles. The van der Waals surface area contributed by atoms with Crippen molar-refractivity contribution in [3.05, 3.63) is 35.4 Å². The van der Waals surface area contributed by atoms with Gasteiger partial charge in [0, 0.05) is 0 Å². The van der Waals surface area contributed by atoms with Crippen molar-refractivity contribution in [2.75, 3.05) is 0 Å². The van der Waals surface area contributed by atoms with Gasteiger partial charge >= 0.3 is 85.8 Å². The maximum absolute atomic E-state index is 2.31. The minimum absolute atomic E-state index is 0.931. The van der Waals surface area contributed by atoms with Crippen LogP contribution < -0.4 is 0 Å². The van der Waals surface area contributed by atoms with E-state index in [-0.39, 0.29) is 0 Å². The summed E-state index contributed by atoms with van der Waals surface area (Å²) in [7, 11) is 0. The van der Waals surface area contributed by atoms with Crippen molar-refractivity contribution in [2.45, 2.75) is 22.4 Å². The average Bonchev–Trinajstić information content (AvgIpc) is 2.06. The molecule has 0 nitrogen and oxygen atoms in total. The molecule has 0 fully saturated rings. The molecule has 1 atom stereocenters. The van der Waals surface area contributed by atoms with Gasteiger partial charge in [-0.1, -0.05) is 0 Å². The summed E-state index contributed by atoms with van der Waals surface area (Å²) in [5.41, 5.74) is 3.25. The molecule has 0 saturated heterocycles. The van der Waals surface area contributed by atoms with Gasteiger partial charge in [0.25, 0.3) is 0 Å². The zero-order valence-electron chi connectivity index (χ0n) is 7.01. The number of benzene rings is 1. The predicted octanol–water partition coefficient (Wildman–Crippen LogP) is 2.23. The molecule has 0 aromatic heterocycles. The molecule has 0 heterocycles. The third-order valence-electron chi connectivity index (χ3n) is 2.67. The summed E-state index contributed by atoms with van der Waals surface area (Å²) in [5.74, 6) is 0. The molecule has 1 heteroatoms. The summed E-state index contributed by atoms with van der Waals surface area (Å²) >= 11 is 1.33. The molecule has 0 N–H and O–H groups in total. The summed E-state index contributed by atoms with van der Waals surface area (Å²) in [4.78, 5) is 0. The van der Waals surface area contributed by atoms with E-state index < -0.39 is 0 Å². The van der Waals surface area contributed by atoms with Crippen LogP contribution >= 0.6 is 0 Å². The summed E-state index contributed by atoms with van der Waals surface area (Å²) < 4.78 is 0.931. The molecule has 52 valence electrons. The normalized spacial score (nSPS) is 22.9. The summed E-state index contributed by atoms with van der Waals surface area (Å²) in [6, 6.07) is 8.94. The van der Waals surface area contributed by atoms with Crippen LogP contribution in [0.4, 0.5) is 0 Å². The van der Waals surface area contributed by atoms with Crippen molar-refractivity contribution in [3.8, 4) is 0 Å². The van der Waals surface area contributed by atoms with E-state index in [1.165, 1.54) is 47.2 Å². The minimum atomic E-state index is 0.931. The number of aryl methyl sites for hydroxylation is 1. The van der Waals surface area contributed by atoms with Gasteiger partial charge in [-0.25, -0.2) is 0 Å². The fraction of sp³-hybridized carbons (Fsp3) is 0.400. The SMILES string of the molecule is [Na][CH]1CCCc2ccccc21. The topological polar surface area (TPSA) is 0 Å². The van der Waals surface area contributed by atoms with Crippen molar-refractivity contribution in [1.82, 2.24) is 0 Å². The van der Waals surface area contributed by atoms with E-state index in [0.717, 1.165) is 3.17 Å². The molecule has 0 amide bonds. The summed E-state index contributed by atoms with van der Waals surface area (Å²) in [6.45, 7) is 0. The van der Waals surface area contributed by atoms with E-state index in [9.17, 15) is 0 Å². The molecule has 0 radical (unpaired) electrons. The van der Waals surface area contributed by atoms with Crippen molar-refractivity contribution in [1.29, 1.82) is 0 Å². The van der Waals surface area contributed by atoms with Crippen LogP contribution in [0.1, 0.15) is 27.1 Å². The predicted molar refractivity (Wildman–Crippen MR) is 47.9 cm³/mol. The van der Waals surface area contributed by atoms with Gasteiger partial charge in [-0.2, -0.15) is 0 Å². The second kappa shape index (κ2) is 3.30. The zero-order valence-corrected chi connectivity index (χ0v) is 9.01. The molecule has 0 bridgehead atoms. The van der Waals surface area contributed by atoms with Crippen LogP contribution in [0.5, 0.6) is 0 Å². The second-order valence-corrected chi connectivity index (χ2v) is 4.89. The number of hydrogen-bond acceptors (Lipinski definition) is 0. The van der Waals surface area contributed by atoms with Gasteiger partial charge in [-0.05, 0) is 0 Å². The van der Waals surface area contributed by atoms with Gasteiger partial charge < -0.3 is 0 Å². The zero-order chi connectivity index (χ0) is 7.68.